The van der Waals surface area contributed by atoms with Gasteiger partial charge in [-0.05, 0) is 55.7 Å². The summed E-state index contributed by atoms with van der Waals surface area (Å²) >= 11 is 0. The van der Waals surface area contributed by atoms with E-state index in [0.717, 1.165) is 18.4 Å². The summed E-state index contributed by atoms with van der Waals surface area (Å²) < 4.78 is 27.2. The molecule has 1 amide bonds. The number of sulfonamides is 1. The van der Waals surface area contributed by atoms with Gasteiger partial charge in [0.05, 0.1) is 10.6 Å². The van der Waals surface area contributed by atoms with Crippen molar-refractivity contribution in [2.75, 3.05) is 10.8 Å². The van der Waals surface area contributed by atoms with Crippen molar-refractivity contribution in [3.8, 4) is 0 Å². The van der Waals surface area contributed by atoms with Crippen LogP contribution in [0.5, 0.6) is 0 Å². The largest absolute Gasteiger partial charge is 0.350 e. The Kier molecular flexibility index (Phi) is 5.32. The number of carbonyl (C=O) groups is 1. The zero-order chi connectivity index (χ0) is 18.7. The number of amides is 1. The number of carbonyl (C=O) groups excluding carboxylic acids is 1. The van der Waals surface area contributed by atoms with Gasteiger partial charge >= 0.3 is 0 Å². The zero-order valence-corrected chi connectivity index (χ0v) is 15.9. The van der Waals surface area contributed by atoms with Crippen molar-refractivity contribution in [2.24, 2.45) is 0 Å². The molecule has 1 aliphatic heterocycles. The molecule has 138 valence electrons. The summed E-state index contributed by atoms with van der Waals surface area (Å²) in [6, 6.07) is 13.8. The molecule has 0 saturated carbocycles. The van der Waals surface area contributed by atoms with Gasteiger partial charge in [-0.1, -0.05) is 31.5 Å². The lowest BCUT2D eigenvalue weighted by atomic mass is 10.1. The number of rotatable bonds is 6. The van der Waals surface area contributed by atoms with Crippen LogP contribution < -0.4 is 9.62 Å². The molecule has 0 aromatic heterocycles. The van der Waals surface area contributed by atoms with Crippen molar-refractivity contribution < 1.29 is 13.2 Å². The summed E-state index contributed by atoms with van der Waals surface area (Å²) in [7, 11) is -3.58. The maximum absolute atomic E-state index is 12.9. The molecule has 0 radical (unpaired) electrons. The molecule has 0 saturated heterocycles. The predicted molar refractivity (Wildman–Crippen MR) is 103 cm³/mol. The fraction of sp³-hybridized carbons (Fsp3) is 0.350. The average Bonchev–Trinajstić information content (AvgIpc) is 3.06. The highest BCUT2D eigenvalue weighted by molar-refractivity contribution is 7.92. The normalized spacial score (nSPS) is 14.8. The maximum Gasteiger partial charge on any atom is 0.264 e. The topological polar surface area (TPSA) is 66.5 Å². The SMILES string of the molecule is CCC[C@H](C)NC(=O)c1ccc2c(c1)CCN2S(=O)(=O)c1ccccc1. The van der Waals surface area contributed by atoms with Crippen molar-refractivity contribution in [3.63, 3.8) is 0 Å². The van der Waals surface area contributed by atoms with Gasteiger partial charge in [0, 0.05) is 18.2 Å². The van der Waals surface area contributed by atoms with Crippen molar-refractivity contribution in [2.45, 2.75) is 44.0 Å². The molecular formula is C20H24N2O3S. The fourth-order valence-electron chi connectivity index (χ4n) is 3.29. The standard InChI is InChI=1S/C20H24N2O3S/c1-3-7-15(2)21-20(23)17-10-11-19-16(14-17)12-13-22(19)26(24,25)18-8-5-4-6-9-18/h4-6,8-11,14-15H,3,7,12-13H2,1-2H3,(H,21,23)/t15-/m0/s1. The lowest BCUT2D eigenvalue weighted by molar-refractivity contribution is 0.0938. The molecule has 2 aromatic carbocycles. The molecule has 0 fully saturated rings. The second-order valence-electron chi connectivity index (χ2n) is 6.65. The number of nitrogens with zero attached hydrogens (tertiary/aromatic N) is 1. The van der Waals surface area contributed by atoms with Gasteiger partial charge in [-0.25, -0.2) is 8.42 Å². The Morgan fingerprint density at radius 3 is 2.62 bits per heavy atom. The molecule has 0 aliphatic carbocycles. The number of hydrogen-bond acceptors (Lipinski definition) is 3. The summed E-state index contributed by atoms with van der Waals surface area (Å²) in [4.78, 5) is 12.7. The second-order valence-corrected chi connectivity index (χ2v) is 8.51. The van der Waals surface area contributed by atoms with Crippen molar-refractivity contribution in [3.05, 3.63) is 59.7 Å². The van der Waals surface area contributed by atoms with Gasteiger partial charge in [0.2, 0.25) is 0 Å². The maximum atomic E-state index is 12.9. The molecule has 0 bridgehead atoms. The van der Waals surface area contributed by atoms with Gasteiger partial charge in [0.1, 0.15) is 0 Å². The van der Waals surface area contributed by atoms with Crippen LogP contribution in [0.25, 0.3) is 0 Å². The molecule has 6 heteroatoms. The van der Waals surface area contributed by atoms with E-state index in [1.807, 2.05) is 13.0 Å². The Balaban J connectivity index is 1.84. The van der Waals surface area contributed by atoms with Crippen molar-refractivity contribution >= 4 is 21.6 Å². The highest BCUT2D eigenvalue weighted by Gasteiger charge is 2.31. The number of anilines is 1. The van der Waals surface area contributed by atoms with Crippen LogP contribution in [0.4, 0.5) is 5.69 Å². The summed E-state index contributed by atoms with van der Waals surface area (Å²) in [6.45, 7) is 4.46. The van der Waals surface area contributed by atoms with Crippen LogP contribution in [0.1, 0.15) is 42.6 Å². The fourth-order valence-corrected chi connectivity index (χ4v) is 4.82. The van der Waals surface area contributed by atoms with E-state index in [4.69, 9.17) is 0 Å². The van der Waals surface area contributed by atoms with E-state index in [2.05, 4.69) is 12.2 Å². The first kappa shape index (κ1) is 18.5. The molecule has 26 heavy (non-hydrogen) atoms. The van der Waals surface area contributed by atoms with Crippen LogP contribution >= 0.6 is 0 Å². The molecule has 2 aromatic rings. The van der Waals surface area contributed by atoms with Gasteiger partial charge in [-0.3, -0.25) is 9.10 Å². The minimum atomic E-state index is -3.58. The number of fused-ring (bicyclic) bond motifs is 1. The van der Waals surface area contributed by atoms with Crippen LogP contribution in [0, 0.1) is 0 Å². The quantitative estimate of drug-likeness (QED) is 0.845. The number of hydrogen-bond donors (Lipinski definition) is 1. The third kappa shape index (κ3) is 3.60. The van der Waals surface area contributed by atoms with E-state index in [0.29, 0.717) is 24.2 Å². The minimum Gasteiger partial charge on any atom is -0.350 e. The van der Waals surface area contributed by atoms with Gasteiger partial charge < -0.3 is 5.32 Å². The molecule has 1 atom stereocenters. The third-order valence-corrected chi connectivity index (χ3v) is 6.45. The molecule has 5 nitrogen and oxygen atoms in total. The smallest absolute Gasteiger partial charge is 0.264 e. The van der Waals surface area contributed by atoms with Crippen molar-refractivity contribution in [1.29, 1.82) is 0 Å². The van der Waals surface area contributed by atoms with Crippen LogP contribution in [0.15, 0.2) is 53.4 Å². The van der Waals surface area contributed by atoms with E-state index < -0.39 is 10.0 Å². The summed E-state index contributed by atoms with van der Waals surface area (Å²) in [6.07, 6.45) is 2.55. The van der Waals surface area contributed by atoms with Crippen LogP contribution in [-0.4, -0.2) is 26.9 Å². The Morgan fingerprint density at radius 2 is 1.92 bits per heavy atom. The van der Waals surface area contributed by atoms with E-state index in [1.165, 1.54) is 4.31 Å². The Labute approximate surface area is 155 Å². The second kappa shape index (κ2) is 7.50. The molecule has 3 rings (SSSR count). The molecule has 1 heterocycles. The lowest BCUT2D eigenvalue weighted by Crippen LogP contribution is -2.32. The highest BCUT2D eigenvalue weighted by atomic mass is 32.2. The molecule has 0 spiro atoms. The zero-order valence-electron chi connectivity index (χ0n) is 15.1. The van der Waals surface area contributed by atoms with Crippen molar-refractivity contribution in [1.82, 2.24) is 5.32 Å². The van der Waals surface area contributed by atoms with Gasteiger partial charge in [0.15, 0.2) is 0 Å². The summed E-state index contributed by atoms with van der Waals surface area (Å²) in [5.74, 6) is -0.113. The van der Waals surface area contributed by atoms with Crippen LogP contribution in [0.3, 0.4) is 0 Å². The molecular weight excluding hydrogens is 348 g/mol. The minimum absolute atomic E-state index is 0.113. The lowest BCUT2D eigenvalue weighted by Gasteiger charge is -2.20. The van der Waals surface area contributed by atoms with Crippen LogP contribution in [0.2, 0.25) is 0 Å². The van der Waals surface area contributed by atoms with Gasteiger partial charge in [-0.15, -0.1) is 0 Å². The van der Waals surface area contributed by atoms with E-state index in [1.54, 1.807) is 42.5 Å². The summed E-state index contributed by atoms with van der Waals surface area (Å²) in [5, 5.41) is 2.98. The Hall–Kier alpha value is -2.34. The Bertz CT molecular complexity index is 895. The molecule has 1 aliphatic rings. The van der Waals surface area contributed by atoms with Gasteiger partial charge in [-0.2, -0.15) is 0 Å². The number of nitrogens with one attached hydrogen (secondary N) is 1. The van der Waals surface area contributed by atoms with Gasteiger partial charge in [0.25, 0.3) is 15.9 Å². The first-order chi connectivity index (χ1) is 12.4. The average molecular weight is 372 g/mol. The van der Waals surface area contributed by atoms with E-state index >= 15 is 0 Å². The predicted octanol–water partition coefficient (Wildman–Crippen LogP) is 3.36. The van der Waals surface area contributed by atoms with E-state index in [9.17, 15) is 13.2 Å². The first-order valence-electron chi connectivity index (χ1n) is 8.95. The van der Waals surface area contributed by atoms with E-state index in [-0.39, 0.29) is 16.8 Å². The number of benzene rings is 2. The molecule has 0 unspecified atom stereocenters. The highest BCUT2D eigenvalue weighted by Crippen LogP contribution is 2.33. The van der Waals surface area contributed by atoms with Crippen LogP contribution in [-0.2, 0) is 16.4 Å². The Morgan fingerprint density at radius 1 is 1.19 bits per heavy atom. The molecule has 1 N–H and O–H groups in total. The monoisotopic (exact) mass is 372 g/mol. The third-order valence-electron chi connectivity index (χ3n) is 4.62. The summed E-state index contributed by atoms with van der Waals surface area (Å²) in [5.41, 5.74) is 2.12. The first-order valence-corrected chi connectivity index (χ1v) is 10.4.